The Kier molecular flexibility index (Phi) is 4.49. The summed E-state index contributed by atoms with van der Waals surface area (Å²) in [7, 11) is 1.66. The molecule has 78 valence electrons. The lowest BCUT2D eigenvalue weighted by Gasteiger charge is -2.17. The molecule has 0 aliphatic heterocycles. The van der Waals surface area contributed by atoms with E-state index in [0.29, 0.717) is 12.3 Å². The van der Waals surface area contributed by atoms with E-state index in [0.717, 1.165) is 6.42 Å². The Morgan fingerprint density at radius 2 is 2.36 bits per heavy atom. The Labute approximate surface area is 84.0 Å². The van der Waals surface area contributed by atoms with Crippen molar-refractivity contribution in [1.29, 1.82) is 0 Å². The Morgan fingerprint density at radius 3 is 2.93 bits per heavy atom. The van der Waals surface area contributed by atoms with Crippen LogP contribution in [-0.2, 0) is 4.74 Å². The number of aliphatic hydroxyl groups is 1. The summed E-state index contributed by atoms with van der Waals surface area (Å²) in [6, 6.07) is 1.73. The molecular formula is C10H16N2O2. The first-order valence-corrected chi connectivity index (χ1v) is 4.68. The molecule has 0 radical (unpaired) electrons. The van der Waals surface area contributed by atoms with Crippen LogP contribution in [-0.4, -0.2) is 28.8 Å². The van der Waals surface area contributed by atoms with E-state index in [4.69, 9.17) is 4.74 Å². The molecule has 0 spiro atoms. The van der Waals surface area contributed by atoms with E-state index in [1.807, 2.05) is 6.92 Å². The van der Waals surface area contributed by atoms with Gasteiger partial charge in [0.1, 0.15) is 6.33 Å². The lowest BCUT2D eigenvalue weighted by molar-refractivity contribution is 0.0854. The Morgan fingerprint density at radius 1 is 1.57 bits per heavy atom. The Balaban J connectivity index is 2.52. The molecule has 2 unspecified atom stereocenters. The van der Waals surface area contributed by atoms with Crippen molar-refractivity contribution in [1.82, 2.24) is 9.97 Å². The van der Waals surface area contributed by atoms with Crippen LogP contribution in [0.1, 0.15) is 25.1 Å². The van der Waals surface area contributed by atoms with Gasteiger partial charge in [0.2, 0.25) is 0 Å². The van der Waals surface area contributed by atoms with Crippen LogP contribution >= 0.6 is 0 Å². The van der Waals surface area contributed by atoms with Gasteiger partial charge in [0.25, 0.3) is 0 Å². The highest BCUT2D eigenvalue weighted by atomic mass is 16.5. The van der Waals surface area contributed by atoms with Gasteiger partial charge in [-0.3, -0.25) is 0 Å². The first-order valence-electron chi connectivity index (χ1n) is 4.68. The first kappa shape index (κ1) is 11.1. The third-order valence-corrected chi connectivity index (χ3v) is 2.22. The summed E-state index contributed by atoms with van der Waals surface area (Å²) in [6.45, 7) is 2.63. The third kappa shape index (κ3) is 3.05. The minimum absolute atomic E-state index is 0.143. The molecule has 1 aromatic heterocycles. The maximum absolute atomic E-state index is 9.87. The summed E-state index contributed by atoms with van der Waals surface area (Å²) in [5.41, 5.74) is 0.670. The van der Waals surface area contributed by atoms with Crippen molar-refractivity contribution in [2.75, 3.05) is 13.7 Å². The van der Waals surface area contributed by atoms with Crippen LogP contribution in [0.25, 0.3) is 0 Å². The number of nitrogens with zero attached hydrogens (tertiary/aromatic N) is 2. The van der Waals surface area contributed by atoms with Crippen LogP contribution in [0.5, 0.6) is 0 Å². The largest absolute Gasteiger partial charge is 0.387 e. The zero-order valence-electron chi connectivity index (χ0n) is 8.55. The van der Waals surface area contributed by atoms with Gasteiger partial charge in [0.15, 0.2) is 0 Å². The number of hydrogen-bond acceptors (Lipinski definition) is 4. The predicted molar refractivity (Wildman–Crippen MR) is 52.6 cm³/mol. The van der Waals surface area contributed by atoms with E-state index in [1.54, 1.807) is 19.4 Å². The van der Waals surface area contributed by atoms with Crippen LogP contribution in [0.4, 0.5) is 0 Å². The maximum Gasteiger partial charge on any atom is 0.115 e. The van der Waals surface area contributed by atoms with E-state index in [2.05, 4.69) is 9.97 Å². The molecule has 4 heteroatoms. The molecule has 0 bridgehead atoms. The van der Waals surface area contributed by atoms with Crippen molar-refractivity contribution in [3.05, 3.63) is 24.3 Å². The lowest BCUT2D eigenvalue weighted by atomic mass is 9.99. The fourth-order valence-electron chi connectivity index (χ4n) is 1.23. The van der Waals surface area contributed by atoms with Crippen molar-refractivity contribution in [3.8, 4) is 0 Å². The standard InChI is InChI=1S/C10H16N2O2/c1-8(4-6-14-2)10(13)9-3-5-11-7-12-9/h3,5,7-8,10,13H,4,6H2,1-2H3. The van der Waals surface area contributed by atoms with E-state index in [9.17, 15) is 5.11 Å². The molecule has 0 fully saturated rings. The van der Waals surface area contributed by atoms with Crippen LogP contribution in [0.2, 0.25) is 0 Å². The van der Waals surface area contributed by atoms with Gasteiger partial charge in [0, 0.05) is 19.9 Å². The van der Waals surface area contributed by atoms with Crippen molar-refractivity contribution < 1.29 is 9.84 Å². The van der Waals surface area contributed by atoms with Crippen LogP contribution in [0.15, 0.2) is 18.6 Å². The van der Waals surface area contributed by atoms with Gasteiger partial charge in [-0.25, -0.2) is 9.97 Å². The zero-order valence-corrected chi connectivity index (χ0v) is 8.55. The molecule has 1 heterocycles. The second kappa shape index (κ2) is 5.67. The van der Waals surface area contributed by atoms with Crippen LogP contribution in [0.3, 0.4) is 0 Å². The topological polar surface area (TPSA) is 55.2 Å². The third-order valence-electron chi connectivity index (χ3n) is 2.22. The molecule has 0 amide bonds. The molecule has 1 rings (SSSR count). The quantitative estimate of drug-likeness (QED) is 0.768. The van der Waals surface area contributed by atoms with Crippen molar-refractivity contribution >= 4 is 0 Å². The summed E-state index contributed by atoms with van der Waals surface area (Å²) >= 11 is 0. The maximum atomic E-state index is 9.87. The van der Waals surface area contributed by atoms with Gasteiger partial charge >= 0.3 is 0 Å². The Hall–Kier alpha value is -1.00. The molecule has 0 saturated heterocycles. The summed E-state index contributed by atoms with van der Waals surface area (Å²) in [6.07, 6.45) is 3.37. The molecular weight excluding hydrogens is 180 g/mol. The number of methoxy groups -OCH3 is 1. The van der Waals surface area contributed by atoms with Crippen molar-refractivity contribution in [2.24, 2.45) is 5.92 Å². The van der Waals surface area contributed by atoms with E-state index >= 15 is 0 Å². The van der Waals surface area contributed by atoms with Crippen molar-refractivity contribution in [2.45, 2.75) is 19.4 Å². The van der Waals surface area contributed by atoms with Gasteiger partial charge in [0.05, 0.1) is 11.8 Å². The molecule has 1 aromatic rings. The lowest BCUT2D eigenvalue weighted by Crippen LogP contribution is -2.12. The zero-order chi connectivity index (χ0) is 10.4. The van der Waals surface area contributed by atoms with Gasteiger partial charge in [-0.2, -0.15) is 0 Å². The minimum atomic E-state index is -0.534. The fourth-order valence-corrected chi connectivity index (χ4v) is 1.23. The fraction of sp³-hybridized carbons (Fsp3) is 0.600. The second-order valence-electron chi connectivity index (χ2n) is 3.34. The van der Waals surface area contributed by atoms with Gasteiger partial charge < -0.3 is 9.84 Å². The Bertz CT molecular complexity index is 254. The molecule has 1 N–H and O–H groups in total. The summed E-state index contributed by atoms with van der Waals surface area (Å²) < 4.78 is 4.95. The predicted octanol–water partition coefficient (Wildman–Crippen LogP) is 1.18. The average molecular weight is 196 g/mol. The number of rotatable bonds is 5. The number of ether oxygens (including phenoxy) is 1. The van der Waals surface area contributed by atoms with Crippen LogP contribution in [0, 0.1) is 5.92 Å². The van der Waals surface area contributed by atoms with E-state index in [-0.39, 0.29) is 5.92 Å². The summed E-state index contributed by atoms with van der Waals surface area (Å²) in [5, 5.41) is 9.87. The van der Waals surface area contributed by atoms with E-state index < -0.39 is 6.10 Å². The molecule has 0 aliphatic carbocycles. The molecule has 2 atom stereocenters. The summed E-state index contributed by atoms with van der Waals surface area (Å²) in [5.74, 6) is 0.143. The highest BCUT2D eigenvalue weighted by Gasteiger charge is 2.16. The SMILES string of the molecule is COCCC(C)C(O)c1ccncn1. The average Bonchev–Trinajstić information content (AvgIpc) is 2.26. The van der Waals surface area contributed by atoms with Gasteiger partial charge in [-0.15, -0.1) is 0 Å². The van der Waals surface area contributed by atoms with Crippen LogP contribution < -0.4 is 0 Å². The van der Waals surface area contributed by atoms with E-state index in [1.165, 1.54) is 6.33 Å². The van der Waals surface area contributed by atoms with Crippen molar-refractivity contribution in [3.63, 3.8) is 0 Å². The minimum Gasteiger partial charge on any atom is -0.387 e. The van der Waals surface area contributed by atoms with Gasteiger partial charge in [-0.05, 0) is 18.4 Å². The number of aliphatic hydroxyl groups excluding tert-OH is 1. The smallest absolute Gasteiger partial charge is 0.115 e. The second-order valence-corrected chi connectivity index (χ2v) is 3.34. The highest BCUT2D eigenvalue weighted by molar-refractivity contribution is 5.02. The monoisotopic (exact) mass is 196 g/mol. The normalized spacial score (nSPS) is 15.1. The highest BCUT2D eigenvalue weighted by Crippen LogP contribution is 2.21. The summed E-state index contributed by atoms with van der Waals surface area (Å²) in [4.78, 5) is 7.81. The molecule has 0 aliphatic rings. The molecule has 0 saturated carbocycles. The molecule has 0 aromatic carbocycles. The molecule has 14 heavy (non-hydrogen) atoms. The number of hydrogen-bond donors (Lipinski definition) is 1. The number of aromatic nitrogens is 2. The first-order chi connectivity index (χ1) is 6.75. The molecule has 4 nitrogen and oxygen atoms in total. The van der Waals surface area contributed by atoms with Gasteiger partial charge in [-0.1, -0.05) is 6.92 Å².